The monoisotopic (exact) mass is 625 g/mol. The van der Waals surface area contributed by atoms with Crippen molar-refractivity contribution in [3.05, 3.63) is 131 Å². The fraction of sp³-hybridized carbons (Fsp3) is 0.297. The normalized spacial score (nSPS) is 12.6. The first-order chi connectivity index (χ1) is 21.5. The van der Waals surface area contributed by atoms with Gasteiger partial charge in [-0.05, 0) is 69.0 Å². The first-order valence-corrected chi connectivity index (χ1v) is 16.8. The lowest BCUT2D eigenvalue weighted by molar-refractivity contribution is -0.140. The fourth-order valence-corrected chi connectivity index (χ4v) is 6.69. The molecule has 0 unspecified atom stereocenters. The summed E-state index contributed by atoms with van der Waals surface area (Å²) in [5.41, 5.74) is 4.77. The van der Waals surface area contributed by atoms with E-state index in [2.05, 4.69) is 5.32 Å². The molecular formula is C37H43N3O4S. The third kappa shape index (κ3) is 8.60. The third-order valence-electron chi connectivity index (χ3n) is 7.98. The lowest BCUT2D eigenvalue weighted by atomic mass is 10.0. The summed E-state index contributed by atoms with van der Waals surface area (Å²) in [5, 5.41) is 3.07. The van der Waals surface area contributed by atoms with Gasteiger partial charge in [0.05, 0.1) is 10.6 Å². The van der Waals surface area contributed by atoms with Crippen LogP contribution in [-0.4, -0.2) is 43.8 Å². The molecule has 2 amide bonds. The van der Waals surface area contributed by atoms with Gasteiger partial charge in [-0.1, -0.05) is 103 Å². The highest BCUT2D eigenvalue weighted by Gasteiger charge is 2.35. The summed E-state index contributed by atoms with van der Waals surface area (Å²) in [6, 6.07) is 30.1. The Morgan fingerprint density at radius 1 is 0.778 bits per heavy atom. The molecule has 45 heavy (non-hydrogen) atoms. The van der Waals surface area contributed by atoms with Crippen molar-refractivity contribution in [1.29, 1.82) is 0 Å². The second-order valence-electron chi connectivity index (χ2n) is 11.6. The third-order valence-corrected chi connectivity index (χ3v) is 9.75. The maximum atomic E-state index is 14.6. The maximum absolute atomic E-state index is 14.6. The summed E-state index contributed by atoms with van der Waals surface area (Å²) >= 11 is 0. The summed E-state index contributed by atoms with van der Waals surface area (Å²) in [6.45, 7) is 9.24. The van der Waals surface area contributed by atoms with E-state index in [0.29, 0.717) is 5.69 Å². The van der Waals surface area contributed by atoms with Gasteiger partial charge >= 0.3 is 0 Å². The standard InChI is InChI=1S/C37H43N3O4S/c1-6-30(5)38-37(42)35(24-31-13-9-7-10-14-31)39(25-32-15-11-8-12-16-32)36(41)26-40(34-22-19-28(3)23-29(34)4)45(43,44)33-20-17-27(2)18-21-33/h7-23,30,35H,6,24-26H2,1-5H3,(H,38,42)/t30-,35-/m1/s1. The van der Waals surface area contributed by atoms with E-state index in [1.54, 1.807) is 30.3 Å². The highest BCUT2D eigenvalue weighted by Crippen LogP contribution is 2.29. The van der Waals surface area contributed by atoms with Crippen LogP contribution in [-0.2, 0) is 32.6 Å². The molecule has 2 atom stereocenters. The summed E-state index contributed by atoms with van der Waals surface area (Å²) in [7, 11) is -4.15. The number of hydrogen-bond donors (Lipinski definition) is 1. The van der Waals surface area contributed by atoms with Crippen molar-refractivity contribution in [3.63, 3.8) is 0 Å². The highest BCUT2D eigenvalue weighted by molar-refractivity contribution is 7.92. The van der Waals surface area contributed by atoms with Crippen LogP contribution in [0.5, 0.6) is 0 Å². The number of carbonyl (C=O) groups is 2. The van der Waals surface area contributed by atoms with Gasteiger partial charge in [0, 0.05) is 19.0 Å². The maximum Gasteiger partial charge on any atom is 0.264 e. The zero-order valence-electron chi connectivity index (χ0n) is 26.7. The zero-order valence-corrected chi connectivity index (χ0v) is 27.6. The zero-order chi connectivity index (χ0) is 32.6. The number of anilines is 1. The first kappa shape index (κ1) is 33.5. The molecule has 7 nitrogen and oxygen atoms in total. The molecule has 8 heteroatoms. The molecule has 4 aromatic rings. The van der Waals surface area contributed by atoms with E-state index < -0.39 is 28.5 Å². The number of nitrogens with zero attached hydrogens (tertiary/aromatic N) is 2. The van der Waals surface area contributed by atoms with Crippen molar-refractivity contribution in [2.24, 2.45) is 0 Å². The molecule has 4 rings (SSSR count). The molecule has 0 bridgehead atoms. The van der Waals surface area contributed by atoms with Crippen molar-refractivity contribution in [2.75, 3.05) is 10.8 Å². The summed E-state index contributed by atoms with van der Waals surface area (Å²) in [5.74, 6) is -0.758. The molecule has 0 fully saturated rings. The minimum atomic E-state index is -4.15. The van der Waals surface area contributed by atoms with Crippen LogP contribution in [0.25, 0.3) is 0 Å². The molecule has 0 saturated carbocycles. The first-order valence-electron chi connectivity index (χ1n) is 15.3. The molecule has 4 aromatic carbocycles. The summed E-state index contributed by atoms with van der Waals surface area (Å²) in [4.78, 5) is 30.1. The predicted octanol–water partition coefficient (Wildman–Crippen LogP) is 6.36. The molecule has 0 aromatic heterocycles. The molecule has 0 spiro atoms. The second-order valence-corrected chi connectivity index (χ2v) is 13.5. The van der Waals surface area contributed by atoms with E-state index in [0.717, 1.165) is 34.2 Å². The van der Waals surface area contributed by atoms with Crippen LogP contribution in [0.1, 0.15) is 48.1 Å². The Labute approximate surface area is 268 Å². The molecule has 0 aliphatic carbocycles. The smallest absolute Gasteiger partial charge is 0.264 e. The largest absolute Gasteiger partial charge is 0.352 e. The van der Waals surface area contributed by atoms with Crippen LogP contribution in [0.15, 0.2) is 108 Å². The Hall–Kier alpha value is -4.43. The second kappa shape index (κ2) is 15.0. The highest BCUT2D eigenvalue weighted by atomic mass is 32.2. The van der Waals surface area contributed by atoms with Crippen molar-refractivity contribution in [1.82, 2.24) is 10.2 Å². The van der Waals surface area contributed by atoms with Gasteiger partial charge in [-0.15, -0.1) is 0 Å². The van der Waals surface area contributed by atoms with Gasteiger partial charge in [0.25, 0.3) is 10.0 Å². The number of sulfonamides is 1. The van der Waals surface area contributed by atoms with Crippen LogP contribution >= 0.6 is 0 Å². The van der Waals surface area contributed by atoms with E-state index in [4.69, 9.17) is 0 Å². The Balaban J connectivity index is 1.82. The molecule has 0 saturated heterocycles. The average Bonchev–Trinajstić information content (AvgIpc) is 3.02. The molecular weight excluding hydrogens is 582 g/mol. The van der Waals surface area contributed by atoms with Gasteiger partial charge in [0.15, 0.2) is 0 Å². The number of rotatable bonds is 13. The van der Waals surface area contributed by atoms with E-state index in [1.165, 1.54) is 9.21 Å². The molecule has 236 valence electrons. The SMILES string of the molecule is CC[C@@H](C)NC(=O)[C@@H](Cc1ccccc1)N(Cc1ccccc1)C(=O)CN(c1ccc(C)cc1C)S(=O)(=O)c1ccc(C)cc1. The predicted molar refractivity (Wildman–Crippen MR) is 180 cm³/mol. The number of aryl methyl sites for hydroxylation is 3. The number of nitrogens with one attached hydrogen (secondary N) is 1. The van der Waals surface area contributed by atoms with Gasteiger partial charge in [-0.3, -0.25) is 13.9 Å². The number of hydrogen-bond acceptors (Lipinski definition) is 4. The van der Waals surface area contributed by atoms with Crippen molar-refractivity contribution < 1.29 is 18.0 Å². The number of amides is 2. The van der Waals surface area contributed by atoms with E-state index in [9.17, 15) is 18.0 Å². The van der Waals surface area contributed by atoms with Gasteiger partial charge in [0.2, 0.25) is 11.8 Å². The van der Waals surface area contributed by atoms with Crippen LogP contribution in [0.3, 0.4) is 0 Å². The minimum absolute atomic E-state index is 0.0887. The van der Waals surface area contributed by atoms with Crippen LogP contribution < -0.4 is 9.62 Å². The lowest BCUT2D eigenvalue weighted by Crippen LogP contribution is -2.54. The van der Waals surface area contributed by atoms with Crippen LogP contribution in [0, 0.1) is 20.8 Å². The van der Waals surface area contributed by atoms with Crippen molar-refractivity contribution >= 4 is 27.5 Å². The average molecular weight is 626 g/mol. The Morgan fingerprint density at radius 2 is 1.36 bits per heavy atom. The Kier molecular flexibility index (Phi) is 11.2. The van der Waals surface area contributed by atoms with Gasteiger partial charge < -0.3 is 10.2 Å². The quantitative estimate of drug-likeness (QED) is 0.187. The Bertz CT molecular complexity index is 1690. The molecule has 0 aliphatic rings. The van der Waals surface area contributed by atoms with Gasteiger partial charge in [-0.2, -0.15) is 0 Å². The van der Waals surface area contributed by atoms with Gasteiger partial charge in [-0.25, -0.2) is 8.42 Å². The summed E-state index contributed by atoms with van der Waals surface area (Å²) < 4.78 is 29.7. The van der Waals surface area contributed by atoms with E-state index in [-0.39, 0.29) is 29.8 Å². The molecule has 0 heterocycles. The number of carbonyl (C=O) groups excluding carboxylic acids is 2. The van der Waals surface area contributed by atoms with Crippen molar-refractivity contribution in [2.45, 2.75) is 71.0 Å². The van der Waals surface area contributed by atoms with Crippen molar-refractivity contribution in [3.8, 4) is 0 Å². The minimum Gasteiger partial charge on any atom is -0.352 e. The lowest BCUT2D eigenvalue weighted by Gasteiger charge is -2.34. The summed E-state index contributed by atoms with van der Waals surface area (Å²) in [6.07, 6.45) is 1.00. The molecule has 0 aliphatic heterocycles. The van der Waals surface area contributed by atoms with E-state index in [1.807, 2.05) is 107 Å². The molecule has 0 radical (unpaired) electrons. The van der Waals surface area contributed by atoms with Crippen LogP contribution in [0.2, 0.25) is 0 Å². The fourth-order valence-electron chi connectivity index (χ4n) is 5.21. The van der Waals surface area contributed by atoms with E-state index >= 15 is 0 Å². The Morgan fingerprint density at radius 3 is 1.93 bits per heavy atom. The van der Waals surface area contributed by atoms with Gasteiger partial charge in [0.1, 0.15) is 12.6 Å². The topological polar surface area (TPSA) is 86.8 Å². The number of benzene rings is 4. The molecule has 1 N–H and O–H groups in total. The van der Waals surface area contributed by atoms with Crippen LogP contribution in [0.4, 0.5) is 5.69 Å².